The number of pyridine rings is 1. The third-order valence-electron chi connectivity index (χ3n) is 1.55. The fraction of sp³-hybridized carbons (Fsp3) is 0.375. The van der Waals surface area contributed by atoms with Crippen molar-refractivity contribution in [2.45, 2.75) is 13.5 Å². The highest BCUT2D eigenvalue weighted by Gasteiger charge is 1.95. The van der Waals surface area contributed by atoms with Crippen molar-refractivity contribution in [1.82, 2.24) is 4.57 Å². The monoisotopic (exact) mass is 153 g/mol. The summed E-state index contributed by atoms with van der Waals surface area (Å²) in [5, 5.41) is 8.58. The van der Waals surface area contributed by atoms with E-state index in [0.29, 0.717) is 12.1 Å². The molecule has 1 rings (SSSR count). The number of aliphatic hydroxyl groups excluding tert-OH is 1. The molecule has 0 saturated carbocycles. The molecule has 3 nitrogen and oxygen atoms in total. The third kappa shape index (κ3) is 1.68. The van der Waals surface area contributed by atoms with Gasteiger partial charge < -0.3 is 9.67 Å². The largest absolute Gasteiger partial charge is 0.395 e. The average molecular weight is 153 g/mol. The molecule has 0 bridgehead atoms. The van der Waals surface area contributed by atoms with Crippen LogP contribution < -0.4 is 5.56 Å². The number of hydrogen-bond donors (Lipinski definition) is 1. The predicted molar refractivity (Wildman–Crippen MR) is 42.5 cm³/mol. The second-order valence-electron chi connectivity index (χ2n) is 2.41. The first-order valence-electron chi connectivity index (χ1n) is 3.52. The highest BCUT2D eigenvalue weighted by Crippen LogP contribution is 1.87. The van der Waals surface area contributed by atoms with E-state index in [1.54, 1.807) is 25.3 Å². The van der Waals surface area contributed by atoms with Crippen molar-refractivity contribution < 1.29 is 5.11 Å². The van der Waals surface area contributed by atoms with E-state index in [1.807, 2.05) is 0 Å². The molecular formula is C8H11NO2. The summed E-state index contributed by atoms with van der Waals surface area (Å²) in [6.45, 7) is 2.14. The van der Waals surface area contributed by atoms with Gasteiger partial charge in [0.05, 0.1) is 6.61 Å². The number of aliphatic hydroxyl groups is 1. The van der Waals surface area contributed by atoms with Crippen LogP contribution in [-0.2, 0) is 6.54 Å². The Balaban J connectivity index is 3.07. The van der Waals surface area contributed by atoms with Crippen LogP contribution >= 0.6 is 0 Å². The van der Waals surface area contributed by atoms with Gasteiger partial charge in [-0.15, -0.1) is 0 Å². The molecule has 0 aromatic carbocycles. The van der Waals surface area contributed by atoms with E-state index in [1.165, 1.54) is 4.57 Å². The maximum absolute atomic E-state index is 11.2. The normalized spacial score (nSPS) is 10.0. The Hall–Kier alpha value is -1.09. The van der Waals surface area contributed by atoms with Crippen molar-refractivity contribution in [1.29, 1.82) is 0 Å². The van der Waals surface area contributed by atoms with Gasteiger partial charge in [0.15, 0.2) is 0 Å². The zero-order valence-electron chi connectivity index (χ0n) is 6.45. The van der Waals surface area contributed by atoms with E-state index in [2.05, 4.69) is 0 Å². The highest BCUT2D eigenvalue weighted by molar-refractivity contribution is 5.07. The smallest absolute Gasteiger partial charge is 0.253 e. The second kappa shape index (κ2) is 3.34. The minimum Gasteiger partial charge on any atom is -0.395 e. The van der Waals surface area contributed by atoms with E-state index >= 15 is 0 Å². The Bertz CT molecular complexity index is 290. The highest BCUT2D eigenvalue weighted by atomic mass is 16.3. The molecular weight excluding hydrogens is 142 g/mol. The standard InChI is InChI=1S/C8H11NO2/c1-7-3-2-4-9(5-6-10)8(7)11/h2-4,10H,5-6H2,1H3. The van der Waals surface area contributed by atoms with Crippen molar-refractivity contribution in [2.75, 3.05) is 6.61 Å². The molecule has 0 fully saturated rings. The number of hydrogen-bond acceptors (Lipinski definition) is 2. The van der Waals surface area contributed by atoms with E-state index in [4.69, 9.17) is 5.11 Å². The second-order valence-corrected chi connectivity index (χ2v) is 2.41. The van der Waals surface area contributed by atoms with Crippen LogP contribution in [-0.4, -0.2) is 16.3 Å². The summed E-state index contributed by atoms with van der Waals surface area (Å²) >= 11 is 0. The summed E-state index contributed by atoms with van der Waals surface area (Å²) in [5.41, 5.74) is 0.683. The van der Waals surface area contributed by atoms with Crippen LogP contribution in [0.5, 0.6) is 0 Å². The first kappa shape index (κ1) is 8.01. The van der Waals surface area contributed by atoms with Gasteiger partial charge in [0.2, 0.25) is 0 Å². The lowest BCUT2D eigenvalue weighted by Gasteiger charge is -2.02. The summed E-state index contributed by atoms with van der Waals surface area (Å²) in [6.07, 6.45) is 1.67. The summed E-state index contributed by atoms with van der Waals surface area (Å²) in [5.74, 6) is 0. The van der Waals surface area contributed by atoms with Crippen LogP contribution in [0, 0.1) is 6.92 Å². The van der Waals surface area contributed by atoms with E-state index < -0.39 is 0 Å². The first-order chi connectivity index (χ1) is 5.25. The summed E-state index contributed by atoms with van der Waals surface area (Å²) in [7, 11) is 0. The summed E-state index contributed by atoms with van der Waals surface area (Å²) in [4.78, 5) is 11.2. The fourth-order valence-corrected chi connectivity index (χ4v) is 0.941. The Morgan fingerprint density at radius 3 is 3.00 bits per heavy atom. The molecule has 0 aliphatic heterocycles. The van der Waals surface area contributed by atoms with Crippen molar-refractivity contribution in [2.24, 2.45) is 0 Å². The molecule has 0 saturated heterocycles. The molecule has 60 valence electrons. The van der Waals surface area contributed by atoms with Gasteiger partial charge >= 0.3 is 0 Å². The zero-order valence-corrected chi connectivity index (χ0v) is 6.45. The molecule has 11 heavy (non-hydrogen) atoms. The van der Waals surface area contributed by atoms with Gasteiger partial charge in [-0.1, -0.05) is 6.07 Å². The van der Waals surface area contributed by atoms with Crippen LogP contribution in [0.2, 0.25) is 0 Å². The lowest BCUT2D eigenvalue weighted by atomic mass is 10.3. The molecule has 0 amide bonds. The Morgan fingerprint density at radius 2 is 2.36 bits per heavy atom. The lowest BCUT2D eigenvalue weighted by molar-refractivity contribution is 0.274. The fourth-order valence-electron chi connectivity index (χ4n) is 0.941. The minimum absolute atomic E-state index is 0.00333. The number of nitrogens with zero attached hydrogens (tertiary/aromatic N) is 1. The Kier molecular flexibility index (Phi) is 2.44. The zero-order chi connectivity index (χ0) is 8.27. The van der Waals surface area contributed by atoms with Gasteiger partial charge in [0, 0.05) is 18.3 Å². The van der Waals surface area contributed by atoms with Crippen LogP contribution in [0.25, 0.3) is 0 Å². The lowest BCUT2D eigenvalue weighted by Crippen LogP contribution is -2.22. The van der Waals surface area contributed by atoms with Gasteiger partial charge in [0.1, 0.15) is 0 Å². The maximum Gasteiger partial charge on any atom is 0.253 e. The van der Waals surface area contributed by atoms with Gasteiger partial charge in [-0.25, -0.2) is 0 Å². The molecule has 0 radical (unpaired) electrons. The number of aryl methyl sites for hydroxylation is 1. The van der Waals surface area contributed by atoms with E-state index in [-0.39, 0.29) is 12.2 Å². The molecule has 1 heterocycles. The molecule has 0 atom stereocenters. The van der Waals surface area contributed by atoms with Crippen molar-refractivity contribution in [3.8, 4) is 0 Å². The molecule has 3 heteroatoms. The predicted octanol–water partition coefficient (Wildman–Crippen LogP) is 0.149. The van der Waals surface area contributed by atoms with Crippen molar-refractivity contribution in [3.05, 3.63) is 34.2 Å². The van der Waals surface area contributed by atoms with Crippen molar-refractivity contribution in [3.63, 3.8) is 0 Å². The molecule has 1 aromatic heterocycles. The van der Waals surface area contributed by atoms with Crippen LogP contribution in [0.15, 0.2) is 23.1 Å². The Labute approximate surface area is 64.9 Å². The van der Waals surface area contributed by atoms with Crippen molar-refractivity contribution >= 4 is 0 Å². The first-order valence-corrected chi connectivity index (χ1v) is 3.52. The van der Waals surface area contributed by atoms with Gasteiger partial charge in [-0.05, 0) is 13.0 Å². The Morgan fingerprint density at radius 1 is 1.64 bits per heavy atom. The molecule has 0 unspecified atom stereocenters. The number of rotatable bonds is 2. The summed E-state index contributed by atoms with van der Waals surface area (Å²) in [6, 6.07) is 3.56. The molecule has 1 aromatic rings. The van der Waals surface area contributed by atoms with Gasteiger partial charge in [-0.2, -0.15) is 0 Å². The van der Waals surface area contributed by atoms with Gasteiger partial charge in [0.25, 0.3) is 5.56 Å². The third-order valence-corrected chi connectivity index (χ3v) is 1.55. The maximum atomic E-state index is 11.2. The molecule has 0 aliphatic carbocycles. The van der Waals surface area contributed by atoms with Crippen LogP contribution in [0.3, 0.4) is 0 Å². The van der Waals surface area contributed by atoms with E-state index in [9.17, 15) is 4.79 Å². The van der Waals surface area contributed by atoms with Gasteiger partial charge in [-0.3, -0.25) is 4.79 Å². The topological polar surface area (TPSA) is 42.2 Å². The molecule has 1 N–H and O–H groups in total. The van der Waals surface area contributed by atoms with E-state index in [0.717, 1.165) is 0 Å². The van der Waals surface area contributed by atoms with Crippen LogP contribution in [0.1, 0.15) is 5.56 Å². The SMILES string of the molecule is Cc1cccn(CCO)c1=O. The average Bonchev–Trinajstić information content (AvgIpc) is 1.99. The quantitative estimate of drug-likeness (QED) is 0.657. The molecule has 0 aliphatic rings. The number of aromatic nitrogens is 1. The molecule has 0 spiro atoms. The van der Waals surface area contributed by atoms with Crippen LogP contribution in [0.4, 0.5) is 0 Å². The summed E-state index contributed by atoms with van der Waals surface area (Å²) < 4.78 is 1.50. The minimum atomic E-state index is -0.0263.